The molecule has 1 aromatic heterocycles. The lowest BCUT2D eigenvalue weighted by atomic mass is 10.7. The largest absolute Gasteiger partial charge is 0.374 e. The van der Waals surface area contributed by atoms with Gasteiger partial charge >= 0.3 is 15.2 Å². The quantitative estimate of drug-likeness (QED) is 0.508. The van der Waals surface area contributed by atoms with Gasteiger partial charge in [-0.25, -0.2) is 0 Å². The number of nitrogens with zero attached hydrogens (tertiary/aromatic N) is 2. The minimum Gasteiger partial charge on any atom is -0.305 e. The van der Waals surface area contributed by atoms with Crippen LogP contribution in [-0.4, -0.2) is 26.4 Å². The summed E-state index contributed by atoms with van der Waals surface area (Å²) in [6, 6.07) is 3.74. The van der Waals surface area contributed by atoms with Crippen LogP contribution in [0.2, 0.25) is 0 Å². The fourth-order valence-electron chi connectivity index (χ4n) is 1.82. The fraction of sp³-hybridized carbons (Fsp3) is 0.571. The molecule has 0 amide bonds. The highest BCUT2D eigenvalue weighted by Crippen LogP contribution is 2.58. The summed E-state index contributed by atoms with van der Waals surface area (Å²) >= 11 is 2.02. The highest BCUT2D eigenvalue weighted by atomic mass is 32.2. The van der Waals surface area contributed by atoms with Gasteiger partial charge in [0, 0.05) is 0 Å². The number of hydrogen-bond acceptors (Lipinski definition) is 10. The molecule has 0 aromatic carbocycles. The molecular formula is C14H20N2O6P2S2. The molecule has 0 bridgehead atoms. The van der Waals surface area contributed by atoms with Crippen molar-refractivity contribution in [3.05, 3.63) is 7.69 Å². The number of hydrogen-bond donors (Lipinski definition) is 0. The molecule has 1 aromatic rings. The van der Waals surface area contributed by atoms with Gasteiger partial charge in [-0.15, -0.1) is 22.7 Å². The summed E-state index contributed by atoms with van der Waals surface area (Å²) < 4.78 is 47.1. The molecule has 26 heavy (non-hydrogen) atoms. The van der Waals surface area contributed by atoms with Crippen LogP contribution in [0.15, 0.2) is 0 Å². The molecule has 0 radical (unpaired) electrons. The molecule has 1 heterocycles. The SMILES string of the molecule is CCOP(=O)(OCC)C(C#N)=c1sc(=C(C#N)P(=O)(OCC)OCC)s1. The third kappa shape index (κ3) is 5.13. The first kappa shape index (κ1) is 23.2. The topological polar surface area (TPSA) is 119 Å². The molecule has 0 unspecified atom stereocenters. The van der Waals surface area contributed by atoms with E-state index in [0.717, 1.165) is 22.7 Å². The van der Waals surface area contributed by atoms with Gasteiger partial charge in [0.05, 0.1) is 26.4 Å². The van der Waals surface area contributed by atoms with Gasteiger partial charge in [-0.2, -0.15) is 10.5 Å². The second-order valence-corrected chi connectivity index (χ2v) is 10.8. The lowest BCUT2D eigenvalue weighted by Crippen LogP contribution is -2.17. The van der Waals surface area contributed by atoms with Crippen molar-refractivity contribution in [2.75, 3.05) is 26.4 Å². The summed E-state index contributed by atoms with van der Waals surface area (Å²) in [5.41, 5.74) is 0. The number of nitriles is 2. The lowest BCUT2D eigenvalue weighted by Gasteiger charge is -2.17. The highest BCUT2D eigenvalue weighted by Gasteiger charge is 2.34. The second-order valence-electron chi connectivity index (χ2n) is 4.37. The molecule has 0 aliphatic heterocycles. The van der Waals surface area contributed by atoms with Crippen LogP contribution >= 0.6 is 37.9 Å². The molecule has 0 N–H and O–H groups in total. The van der Waals surface area contributed by atoms with E-state index in [0.29, 0.717) is 7.69 Å². The zero-order chi connectivity index (χ0) is 19.8. The predicted molar refractivity (Wildman–Crippen MR) is 101 cm³/mol. The molecule has 12 heteroatoms. The lowest BCUT2D eigenvalue weighted by molar-refractivity contribution is 0.230. The Kier molecular flexibility index (Phi) is 9.40. The van der Waals surface area contributed by atoms with Crippen LogP contribution in [-0.2, 0) is 27.2 Å². The van der Waals surface area contributed by atoms with Crippen molar-refractivity contribution < 1.29 is 27.2 Å². The maximum atomic E-state index is 12.8. The maximum absolute atomic E-state index is 12.8. The van der Waals surface area contributed by atoms with Crippen molar-refractivity contribution in [3.63, 3.8) is 0 Å². The van der Waals surface area contributed by atoms with Gasteiger partial charge < -0.3 is 18.1 Å². The van der Waals surface area contributed by atoms with Crippen LogP contribution in [0, 0.1) is 22.7 Å². The normalized spacial score (nSPS) is 11.8. The van der Waals surface area contributed by atoms with E-state index in [1.807, 2.05) is 12.1 Å². The van der Waals surface area contributed by atoms with E-state index in [4.69, 9.17) is 18.1 Å². The van der Waals surface area contributed by atoms with Crippen LogP contribution < -0.4 is 7.69 Å². The minimum absolute atomic E-state index is 0.112. The van der Waals surface area contributed by atoms with Crippen LogP contribution in [0.1, 0.15) is 27.7 Å². The highest BCUT2D eigenvalue weighted by molar-refractivity contribution is 7.67. The van der Waals surface area contributed by atoms with E-state index in [-0.39, 0.29) is 37.1 Å². The Bertz CT molecular complexity index is 800. The number of rotatable bonds is 10. The molecule has 0 aliphatic carbocycles. The summed E-state index contributed by atoms with van der Waals surface area (Å²) in [7, 11) is -7.48. The van der Waals surface area contributed by atoms with Crippen molar-refractivity contribution in [2.45, 2.75) is 27.7 Å². The average molecular weight is 438 g/mol. The molecular weight excluding hydrogens is 418 g/mol. The predicted octanol–water partition coefficient (Wildman–Crippen LogP) is 3.61. The average Bonchev–Trinajstić information content (AvgIpc) is 2.53. The fourth-order valence-corrected chi connectivity index (χ4v) is 8.10. The summed E-state index contributed by atoms with van der Waals surface area (Å²) in [6.45, 7) is 7.03. The Morgan fingerprint density at radius 2 is 1.04 bits per heavy atom. The Hall–Kier alpha value is -0.800. The van der Waals surface area contributed by atoms with Gasteiger partial charge in [0.1, 0.15) is 19.8 Å². The third-order valence-corrected chi connectivity index (χ3v) is 10.0. The second kappa shape index (κ2) is 10.5. The van der Waals surface area contributed by atoms with Gasteiger partial charge in [0.15, 0.2) is 10.6 Å². The van der Waals surface area contributed by atoms with Gasteiger partial charge in [0.2, 0.25) is 0 Å². The van der Waals surface area contributed by atoms with Crippen molar-refractivity contribution in [2.24, 2.45) is 0 Å². The smallest absolute Gasteiger partial charge is 0.305 e. The van der Waals surface area contributed by atoms with Crippen molar-refractivity contribution in [3.8, 4) is 12.1 Å². The van der Waals surface area contributed by atoms with E-state index < -0.39 is 15.2 Å². The third-order valence-electron chi connectivity index (χ3n) is 2.71. The zero-order valence-electron chi connectivity index (χ0n) is 14.9. The molecule has 0 aliphatic rings. The van der Waals surface area contributed by atoms with E-state index in [1.54, 1.807) is 27.7 Å². The Balaban J connectivity index is 3.57. The maximum Gasteiger partial charge on any atom is 0.374 e. The van der Waals surface area contributed by atoms with E-state index in [9.17, 15) is 19.7 Å². The molecule has 0 fully saturated rings. The van der Waals surface area contributed by atoms with Gasteiger partial charge in [-0.1, -0.05) is 0 Å². The van der Waals surface area contributed by atoms with Crippen LogP contribution in [0.5, 0.6) is 0 Å². The first-order chi connectivity index (χ1) is 12.4. The van der Waals surface area contributed by atoms with Gasteiger partial charge in [0.25, 0.3) is 0 Å². The monoisotopic (exact) mass is 438 g/mol. The van der Waals surface area contributed by atoms with Crippen LogP contribution in [0.25, 0.3) is 10.6 Å². The minimum atomic E-state index is -3.74. The van der Waals surface area contributed by atoms with E-state index in [2.05, 4.69) is 0 Å². The molecule has 8 nitrogen and oxygen atoms in total. The summed E-state index contributed by atoms with van der Waals surface area (Å²) in [5.74, 6) is 0. The van der Waals surface area contributed by atoms with Gasteiger partial charge in [-0.3, -0.25) is 9.13 Å². The molecule has 0 saturated carbocycles. The van der Waals surface area contributed by atoms with Crippen LogP contribution in [0.3, 0.4) is 0 Å². The summed E-state index contributed by atoms with van der Waals surface area (Å²) in [6.07, 6.45) is 0. The van der Waals surface area contributed by atoms with Crippen molar-refractivity contribution >= 4 is 48.5 Å². The first-order valence-electron chi connectivity index (χ1n) is 7.79. The Morgan fingerprint density at radius 1 is 0.769 bits per heavy atom. The van der Waals surface area contributed by atoms with Gasteiger partial charge in [-0.05, 0) is 27.7 Å². The summed E-state index contributed by atoms with van der Waals surface area (Å²) in [5, 5.41) is 18.6. The zero-order valence-corrected chi connectivity index (χ0v) is 18.3. The molecule has 0 spiro atoms. The van der Waals surface area contributed by atoms with E-state index in [1.165, 1.54) is 0 Å². The van der Waals surface area contributed by atoms with Crippen molar-refractivity contribution in [1.82, 2.24) is 0 Å². The summed E-state index contributed by atoms with van der Waals surface area (Å²) in [4.78, 5) is 0. The Morgan fingerprint density at radius 3 is 1.23 bits per heavy atom. The van der Waals surface area contributed by atoms with Crippen molar-refractivity contribution in [1.29, 1.82) is 10.5 Å². The molecule has 0 atom stereocenters. The van der Waals surface area contributed by atoms with E-state index >= 15 is 0 Å². The molecule has 0 saturated heterocycles. The standard InChI is InChI=1S/C14H20N2O6P2S2/c1-5-19-23(17,20-6-2)11(9-15)13-25-14(26-13)12(10-16)24(18,21-7-3)22-8-4/h5-8H2,1-4H3. The van der Waals surface area contributed by atoms with Crippen LogP contribution in [0.4, 0.5) is 0 Å². The first-order valence-corrected chi connectivity index (χ1v) is 12.5. The molecule has 144 valence electrons. The Labute approximate surface area is 160 Å². The molecule has 1 rings (SSSR count).